The Morgan fingerprint density at radius 3 is 2.61 bits per heavy atom. The molecule has 0 fully saturated rings. The highest BCUT2D eigenvalue weighted by molar-refractivity contribution is 8.01. The predicted molar refractivity (Wildman–Crippen MR) is 110 cm³/mol. The smallest absolute Gasteiger partial charge is 0.237 e. The van der Waals surface area contributed by atoms with Crippen LogP contribution in [0.2, 0.25) is 0 Å². The number of nitrogens with one attached hydrogen (secondary N) is 2. The largest absolute Gasteiger partial charge is 0.352 e. The molecular weight excluding hydrogens is 396 g/mol. The Bertz CT molecular complexity index is 1000. The summed E-state index contributed by atoms with van der Waals surface area (Å²) >= 11 is 1.39. The fourth-order valence-corrected chi connectivity index (χ4v) is 4.91. The minimum absolute atomic E-state index is 0.105. The van der Waals surface area contributed by atoms with E-state index in [0.717, 1.165) is 16.0 Å². The molecule has 1 atom stereocenters. The number of fused-ring (bicyclic) bond motifs is 1. The number of rotatable bonds is 6. The number of hydrogen-bond acceptors (Lipinski definition) is 5. The molecule has 2 aromatic carbocycles. The molecule has 2 aromatic rings. The zero-order chi connectivity index (χ0) is 20.3. The lowest BCUT2D eigenvalue weighted by atomic mass is 10.1. The number of hydrogen-bond donors (Lipinski definition) is 2. The summed E-state index contributed by atoms with van der Waals surface area (Å²) in [7, 11) is -3.63. The highest BCUT2D eigenvalue weighted by Gasteiger charge is 2.25. The van der Waals surface area contributed by atoms with Gasteiger partial charge < -0.3 is 10.6 Å². The number of amides is 2. The minimum Gasteiger partial charge on any atom is -0.352 e. The summed E-state index contributed by atoms with van der Waals surface area (Å²) < 4.78 is 25.2. The van der Waals surface area contributed by atoms with Crippen LogP contribution in [0.4, 0.5) is 5.69 Å². The molecule has 1 aliphatic rings. The molecule has 0 radical (unpaired) electrons. The number of aryl methyl sites for hydroxylation is 1. The SMILES string of the molecule is Cc1ccc(CNC(=O)CCS(=O)(=O)c2ccc3c(c2)NC(=O)[C@H](C)S3)cc1. The van der Waals surface area contributed by atoms with Crippen LogP contribution in [0.15, 0.2) is 52.3 Å². The molecule has 0 bridgehead atoms. The average molecular weight is 419 g/mol. The fourth-order valence-electron chi connectivity index (χ4n) is 2.72. The third-order valence-corrected chi connectivity index (χ3v) is 7.34. The molecule has 28 heavy (non-hydrogen) atoms. The van der Waals surface area contributed by atoms with E-state index < -0.39 is 9.84 Å². The summed E-state index contributed by atoms with van der Waals surface area (Å²) in [6.45, 7) is 4.14. The summed E-state index contributed by atoms with van der Waals surface area (Å²) in [6, 6.07) is 12.4. The van der Waals surface area contributed by atoms with Crippen LogP contribution in [0.5, 0.6) is 0 Å². The van der Waals surface area contributed by atoms with Crippen molar-refractivity contribution in [3.05, 3.63) is 53.6 Å². The van der Waals surface area contributed by atoms with Crippen LogP contribution in [0.1, 0.15) is 24.5 Å². The van der Waals surface area contributed by atoms with Gasteiger partial charge in [0.1, 0.15) is 0 Å². The number of benzene rings is 2. The van der Waals surface area contributed by atoms with Gasteiger partial charge in [0, 0.05) is 17.9 Å². The summed E-state index contributed by atoms with van der Waals surface area (Å²) in [6.07, 6.45) is -0.122. The van der Waals surface area contributed by atoms with E-state index in [1.165, 1.54) is 23.9 Å². The first kappa shape index (κ1) is 20.4. The van der Waals surface area contributed by atoms with E-state index in [9.17, 15) is 18.0 Å². The van der Waals surface area contributed by atoms with Crippen molar-refractivity contribution in [1.82, 2.24) is 5.32 Å². The van der Waals surface area contributed by atoms with Gasteiger partial charge in [-0.3, -0.25) is 9.59 Å². The lowest BCUT2D eigenvalue weighted by Gasteiger charge is -2.21. The molecule has 6 nitrogen and oxygen atoms in total. The molecule has 1 aliphatic heterocycles. The lowest BCUT2D eigenvalue weighted by molar-refractivity contribution is -0.121. The predicted octanol–water partition coefficient (Wildman–Crippen LogP) is 2.91. The van der Waals surface area contributed by atoms with E-state index in [1.807, 2.05) is 31.2 Å². The zero-order valence-electron chi connectivity index (χ0n) is 15.7. The summed E-state index contributed by atoms with van der Waals surface area (Å²) in [4.78, 5) is 24.8. The Hall–Kier alpha value is -2.32. The van der Waals surface area contributed by atoms with Crippen LogP contribution >= 0.6 is 11.8 Å². The summed E-state index contributed by atoms with van der Waals surface area (Å²) in [5.74, 6) is -0.759. The van der Waals surface area contributed by atoms with E-state index in [-0.39, 0.29) is 34.1 Å². The number of thioether (sulfide) groups is 1. The summed E-state index contributed by atoms with van der Waals surface area (Å²) in [5.41, 5.74) is 2.59. The van der Waals surface area contributed by atoms with Crippen molar-refractivity contribution in [3.8, 4) is 0 Å². The fraction of sp³-hybridized carbons (Fsp3) is 0.300. The quantitative estimate of drug-likeness (QED) is 0.753. The van der Waals surface area contributed by atoms with Crippen LogP contribution in [0.3, 0.4) is 0 Å². The molecule has 148 valence electrons. The normalized spacial score (nSPS) is 16.2. The van der Waals surface area contributed by atoms with E-state index in [0.29, 0.717) is 12.2 Å². The van der Waals surface area contributed by atoms with Crippen LogP contribution in [-0.4, -0.2) is 31.2 Å². The van der Waals surface area contributed by atoms with Crippen molar-refractivity contribution in [2.24, 2.45) is 0 Å². The van der Waals surface area contributed by atoms with Crippen molar-refractivity contribution in [1.29, 1.82) is 0 Å². The second-order valence-electron chi connectivity index (χ2n) is 6.74. The van der Waals surface area contributed by atoms with Crippen molar-refractivity contribution in [2.75, 3.05) is 11.1 Å². The van der Waals surface area contributed by atoms with Crippen molar-refractivity contribution >= 4 is 39.1 Å². The number of carbonyl (C=O) groups excluding carboxylic acids is 2. The maximum absolute atomic E-state index is 12.6. The van der Waals surface area contributed by atoms with E-state index >= 15 is 0 Å². The Kier molecular flexibility index (Phi) is 6.10. The van der Waals surface area contributed by atoms with Gasteiger partial charge in [0.25, 0.3) is 0 Å². The Morgan fingerprint density at radius 2 is 1.89 bits per heavy atom. The van der Waals surface area contributed by atoms with Gasteiger partial charge >= 0.3 is 0 Å². The first-order valence-corrected chi connectivity index (χ1v) is 11.4. The van der Waals surface area contributed by atoms with Crippen LogP contribution in [-0.2, 0) is 26.0 Å². The van der Waals surface area contributed by atoms with Crippen molar-refractivity contribution in [3.63, 3.8) is 0 Å². The zero-order valence-corrected chi connectivity index (χ0v) is 17.3. The van der Waals surface area contributed by atoms with Gasteiger partial charge in [0.15, 0.2) is 9.84 Å². The third-order valence-electron chi connectivity index (χ3n) is 4.45. The first-order valence-electron chi connectivity index (χ1n) is 8.91. The van der Waals surface area contributed by atoms with E-state index in [1.54, 1.807) is 13.0 Å². The molecule has 8 heteroatoms. The van der Waals surface area contributed by atoms with Gasteiger partial charge in [0.05, 0.1) is 21.6 Å². The molecule has 0 aromatic heterocycles. The molecule has 0 saturated carbocycles. The molecule has 0 aliphatic carbocycles. The second-order valence-corrected chi connectivity index (χ2v) is 10.2. The van der Waals surface area contributed by atoms with Gasteiger partial charge in [-0.1, -0.05) is 29.8 Å². The highest BCUT2D eigenvalue weighted by Crippen LogP contribution is 2.36. The van der Waals surface area contributed by atoms with Crippen LogP contribution in [0.25, 0.3) is 0 Å². The number of sulfone groups is 1. The highest BCUT2D eigenvalue weighted by atomic mass is 32.2. The molecule has 2 amide bonds. The van der Waals surface area contributed by atoms with E-state index in [4.69, 9.17) is 0 Å². The molecule has 2 N–H and O–H groups in total. The van der Waals surface area contributed by atoms with Gasteiger partial charge in [-0.2, -0.15) is 0 Å². The standard InChI is InChI=1S/C20H22N2O4S2/c1-13-3-5-15(6-4-13)12-21-19(23)9-10-28(25,26)16-7-8-18-17(11-16)22-20(24)14(2)27-18/h3-8,11,14H,9-10,12H2,1-2H3,(H,21,23)(H,22,24)/t14-/m0/s1. The molecule has 1 heterocycles. The van der Waals surface area contributed by atoms with E-state index in [2.05, 4.69) is 10.6 Å². The van der Waals surface area contributed by atoms with Crippen LogP contribution < -0.4 is 10.6 Å². The number of carbonyl (C=O) groups is 2. The Morgan fingerprint density at radius 1 is 1.18 bits per heavy atom. The Labute approximate surface area is 169 Å². The minimum atomic E-state index is -3.63. The van der Waals surface area contributed by atoms with Crippen LogP contribution in [0, 0.1) is 6.92 Å². The molecular formula is C20H22N2O4S2. The Balaban J connectivity index is 1.59. The van der Waals surface area contributed by atoms with Gasteiger partial charge in [-0.25, -0.2) is 8.42 Å². The molecule has 0 saturated heterocycles. The van der Waals surface area contributed by atoms with Gasteiger partial charge in [-0.05, 0) is 37.6 Å². The maximum Gasteiger partial charge on any atom is 0.237 e. The van der Waals surface area contributed by atoms with Crippen molar-refractivity contribution in [2.45, 2.75) is 41.9 Å². The van der Waals surface area contributed by atoms with Gasteiger partial charge in [0.2, 0.25) is 11.8 Å². The molecule has 3 rings (SSSR count). The first-order chi connectivity index (χ1) is 13.2. The lowest BCUT2D eigenvalue weighted by Crippen LogP contribution is -2.27. The second kappa shape index (κ2) is 8.36. The molecule has 0 spiro atoms. The third kappa shape index (κ3) is 4.94. The molecule has 0 unspecified atom stereocenters. The maximum atomic E-state index is 12.6. The average Bonchev–Trinajstić information content (AvgIpc) is 2.66. The summed E-state index contributed by atoms with van der Waals surface area (Å²) in [5, 5.41) is 5.25. The monoisotopic (exact) mass is 418 g/mol. The number of anilines is 1. The van der Waals surface area contributed by atoms with Crippen molar-refractivity contribution < 1.29 is 18.0 Å². The van der Waals surface area contributed by atoms with Gasteiger partial charge in [-0.15, -0.1) is 11.8 Å². The topological polar surface area (TPSA) is 92.3 Å².